The maximum absolute atomic E-state index is 12.8. The van der Waals surface area contributed by atoms with Crippen LogP contribution in [0.4, 0.5) is 17.1 Å². The molecule has 0 bridgehead atoms. The van der Waals surface area contributed by atoms with Crippen LogP contribution in [0.15, 0.2) is 53.3 Å². The smallest absolute Gasteiger partial charge is 0.255 e. The molecule has 0 aliphatic rings. The van der Waals surface area contributed by atoms with Crippen molar-refractivity contribution in [2.75, 3.05) is 23.4 Å². The molecule has 0 unspecified atom stereocenters. The van der Waals surface area contributed by atoms with Crippen LogP contribution >= 0.6 is 0 Å². The van der Waals surface area contributed by atoms with E-state index in [9.17, 15) is 4.79 Å². The molecule has 0 radical (unpaired) electrons. The van der Waals surface area contributed by atoms with Crippen molar-refractivity contribution in [2.24, 2.45) is 0 Å². The van der Waals surface area contributed by atoms with Gasteiger partial charge in [-0.2, -0.15) is 0 Å². The lowest BCUT2D eigenvalue weighted by Gasteiger charge is -2.13. The molecule has 3 aromatic rings. The third-order valence-electron chi connectivity index (χ3n) is 4.46. The molecule has 142 valence electrons. The fourth-order valence-electron chi connectivity index (χ4n) is 2.92. The van der Waals surface area contributed by atoms with Gasteiger partial charge < -0.3 is 26.2 Å². The van der Waals surface area contributed by atoms with Crippen molar-refractivity contribution in [3.05, 3.63) is 76.7 Å². The van der Waals surface area contributed by atoms with Crippen molar-refractivity contribution in [3.63, 3.8) is 0 Å². The molecule has 0 saturated heterocycles. The van der Waals surface area contributed by atoms with Crippen molar-refractivity contribution in [1.82, 2.24) is 0 Å². The summed E-state index contributed by atoms with van der Waals surface area (Å²) in [4.78, 5) is 12.8. The molecule has 2 aromatic carbocycles. The van der Waals surface area contributed by atoms with Crippen molar-refractivity contribution in [2.45, 2.75) is 6.92 Å². The number of aryl methyl sites for hydroxylation is 1. The number of hydrogen-bond donors (Lipinski definition) is 5. The molecule has 0 aliphatic carbocycles. The molecule has 7 nitrogen and oxygen atoms in total. The lowest BCUT2D eigenvalue weighted by Crippen LogP contribution is -2.15. The van der Waals surface area contributed by atoms with Crippen molar-refractivity contribution in [3.8, 4) is 0 Å². The van der Waals surface area contributed by atoms with Gasteiger partial charge in [0.05, 0.1) is 18.2 Å². The Morgan fingerprint density at radius 1 is 1.18 bits per heavy atom. The van der Waals surface area contributed by atoms with Gasteiger partial charge in [0.1, 0.15) is 0 Å². The predicted octanol–water partition coefficient (Wildman–Crippen LogP) is 3.88. The van der Waals surface area contributed by atoms with Crippen LogP contribution in [-0.4, -0.2) is 24.9 Å². The predicted molar refractivity (Wildman–Crippen MR) is 112 cm³/mol. The zero-order valence-corrected chi connectivity index (χ0v) is 15.6. The van der Waals surface area contributed by atoms with Gasteiger partial charge in [-0.15, -0.1) is 0 Å². The summed E-state index contributed by atoms with van der Waals surface area (Å²) in [7, 11) is 1.77. The summed E-state index contributed by atoms with van der Waals surface area (Å²) in [6.07, 6.45) is 4.17. The molecular weight excluding hydrogens is 354 g/mol. The lowest BCUT2D eigenvalue weighted by molar-refractivity contribution is 0.102. The largest absolute Gasteiger partial charge is 0.472 e. The van der Waals surface area contributed by atoms with Crippen LogP contribution in [0.2, 0.25) is 0 Å². The topological polar surface area (TPSA) is 128 Å². The first kappa shape index (κ1) is 18.9. The summed E-state index contributed by atoms with van der Waals surface area (Å²) in [6.45, 7) is 1.84. The normalized spacial score (nSPS) is 10.4. The van der Waals surface area contributed by atoms with Gasteiger partial charge >= 0.3 is 0 Å². The Balaban J connectivity index is 1.90. The molecular formula is C21H21N5O2. The number of rotatable bonds is 6. The highest BCUT2D eigenvalue weighted by Gasteiger charge is 2.15. The highest BCUT2D eigenvalue weighted by Crippen LogP contribution is 2.24. The molecule has 0 fully saturated rings. The summed E-state index contributed by atoms with van der Waals surface area (Å²) in [5.74, 6) is -0.297. The van der Waals surface area contributed by atoms with Crippen molar-refractivity contribution < 1.29 is 9.21 Å². The summed E-state index contributed by atoms with van der Waals surface area (Å²) < 4.78 is 5.03. The number of amides is 1. The quantitative estimate of drug-likeness (QED) is 0.331. The van der Waals surface area contributed by atoms with Gasteiger partial charge in [0.15, 0.2) is 0 Å². The maximum Gasteiger partial charge on any atom is 0.255 e. The number of carbonyl (C=O) groups excluding carboxylic acids is 1. The summed E-state index contributed by atoms with van der Waals surface area (Å²) in [5, 5.41) is 21.7. The SMILES string of the molecule is CNc1cc(C)c(C(=O)Nc2ccc(N)c(C(=N)c3ccoc3)c2)cc1C=N. The van der Waals surface area contributed by atoms with Gasteiger partial charge in [0, 0.05) is 52.6 Å². The molecule has 1 heterocycles. The third kappa shape index (κ3) is 3.64. The van der Waals surface area contributed by atoms with Gasteiger partial charge in [-0.05, 0) is 48.9 Å². The first-order valence-electron chi connectivity index (χ1n) is 8.59. The number of furan rings is 1. The van der Waals surface area contributed by atoms with E-state index >= 15 is 0 Å². The minimum atomic E-state index is -0.297. The van der Waals surface area contributed by atoms with Crippen molar-refractivity contribution >= 4 is 34.9 Å². The van der Waals surface area contributed by atoms with Crippen LogP contribution in [0, 0.1) is 17.7 Å². The number of nitrogens with one attached hydrogen (secondary N) is 4. The highest BCUT2D eigenvalue weighted by molar-refractivity contribution is 6.15. The Bertz CT molecular complexity index is 1050. The lowest BCUT2D eigenvalue weighted by atomic mass is 10.0. The minimum Gasteiger partial charge on any atom is -0.472 e. The minimum absolute atomic E-state index is 0.211. The monoisotopic (exact) mass is 375 g/mol. The second-order valence-corrected chi connectivity index (χ2v) is 6.29. The van der Waals surface area contributed by atoms with Crippen LogP contribution < -0.4 is 16.4 Å². The van der Waals surface area contributed by atoms with E-state index in [2.05, 4.69) is 10.6 Å². The fourth-order valence-corrected chi connectivity index (χ4v) is 2.92. The number of nitrogens with two attached hydrogens (primary N) is 1. The van der Waals surface area contributed by atoms with Gasteiger partial charge in [-0.1, -0.05) is 0 Å². The fraction of sp³-hybridized carbons (Fsp3) is 0.0952. The second kappa shape index (κ2) is 7.79. The Morgan fingerprint density at radius 2 is 1.96 bits per heavy atom. The van der Waals surface area contributed by atoms with Crippen LogP contribution in [0.1, 0.15) is 32.6 Å². The second-order valence-electron chi connectivity index (χ2n) is 6.29. The average Bonchev–Trinajstić information content (AvgIpc) is 3.23. The first-order valence-corrected chi connectivity index (χ1v) is 8.59. The van der Waals surface area contributed by atoms with Gasteiger partial charge in [-0.3, -0.25) is 10.2 Å². The van der Waals surface area contributed by atoms with Crippen LogP contribution in [0.5, 0.6) is 0 Å². The van der Waals surface area contributed by atoms with E-state index in [0.29, 0.717) is 33.6 Å². The first-order chi connectivity index (χ1) is 13.4. The number of benzene rings is 2. The zero-order valence-electron chi connectivity index (χ0n) is 15.6. The summed E-state index contributed by atoms with van der Waals surface area (Å²) in [5.41, 5.74) is 11.0. The Labute approximate surface area is 162 Å². The van der Waals surface area contributed by atoms with Gasteiger partial charge in [0.2, 0.25) is 0 Å². The molecule has 7 heteroatoms. The molecule has 0 saturated carbocycles. The Kier molecular flexibility index (Phi) is 5.26. The molecule has 28 heavy (non-hydrogen) atoms. The van der Waals surface area contributed by atoms with Crippen LogP contribution in [0.25, 0.3) is 0 Å². The van der Waals surface area contributed by atoms with E-state index in [0.717, 1.165) is 11.3 Å². The molecule has 0 atom stereocenters. The zero-order chi connectivity index (χ0) is 20.3. The third-order valence-corrected chi connectivity index (χ3v) is 4.46. The average molecular weight is 375 g/mol. The van der Waals surface area contributed by atoms with E-state index in [-0.39, 0.29) is 11.6 Å². The Hall–Kier alpha value is -3.87. The summed E-state index contributed by atoms with van der Waals surface area (Å²) >= 11 is 0. The highest BCUT2D eigenvalue weighted by atomic mass is 16.3. The molecule has 0 spiro atoms. The van der Waals surface area contributed by atoms with Crippen LogP contribution in [0.3, 0.4) is 0 Å². The molecule has 3 rings (SSSR count). The van der Waals surface area contributed by atoms with E-state index in [4.69, 9.17) is 21.0 Å². The Morgan fingerprint density at radius 3 is 2.61 bits per heavy atom. The van der Waals surface area contributed by atoms with E-state index in [1.54, 1.807) is 37.4 Å². The number of nitrogen functional groups attached to an aromatic ring is 1. The number of anilines is 3. The van der Waals surface area contributed by atoms with Crippen molar-refractivity contribution in [1.29, 1.82) is 10.8 Å². The number of hydrogen-bond acceptors (Lipinski definition) is 6. The van der Waals surface area contributed by atoms with Crippen LogP contribution in [-0.2, 0) is 0 Å². The van der Waals surface area contributed by atoms with E-state index < -0.39 is 0 Å². The number of carbonyl (C=O) groups is 1. The van der Waals surface area contributed by atoms with E-state index in [1.165, 1.54) is 18.7 Å². The van der Waals surface area contributed by atoms with E-state index in [1.807, 2.05) is 13.0 Å². The summed E-state index contributed by atoms with van der Waals surface area (Å²) in [6, 6.07) is 10.2. The molecule has 1 aromatic heterocycles. The van der Waals surface area contributed by atoms with Gasteiger partial charge in [0.25, 0.3) is 5.91 Å². The molecule has 6 N–H and O–H groups in total. The maximum atomic E-state index is 12.8. The molecule has 1 amide bonds. The molecule has 0 aliphatic heterocycles. The standard InChI is InChI=1S/C21H21N5O2/c1-12-7-19(25-2)14(10-22)8-16(12)21(27)26-15-3-4-18(23)17(9-15)20(24)13-5-6-28-11-13/h3-11,22,24-25H,23H2,1-2H3,(H,26,27). The van der Waals surface area contributed by atoms with Gasteiger partial charge in [-0.25, -0.2) is 0 Å².